The van der Waals surface area contributed by atoms with Crippen LogP contribution in [0.3, 0.4) is 0 Å². The Kier molecular flexibility index (Phi) is 3.29. The molecule has 0 bridgehead atoms. The maximum Gasteiger partial charge on any atom is 0.191 e. The molecule has 16 heavy (non-hydrogen) atoms. The first kappa shape index (κ1) is 11.2. The van der Waals surface area contributed by atoms with Gasteiger partial charge in [0.05, 0.1) is 0 Å². The van der Waals surface area contributed by atoms with E-state index in [0.29, 0.717) is 0 Å². The SMILES string of the molecule is Cc1ccc(CSc2nnc(C)n2C)cc1. The molecule has 0 aliphatic carbocycles. The van der Waals surface area contributed by atoms with E-state index in [1.807, 2.05) is 18.5 Å². The number of nitrogens with zero attached hydrogens (tertiary/aromatic N) is 3. The van der Waals surface area contributed by atoms with Gasteiger partial charge in [-0.1, -0.05) is 41.6 Å². The van der Waals surface area contributed by atoms with Gasteiger partial charge in [-0.25, -0.2) is 0 Å². The second kappa shape index (κ2) is 4.70. The summed E-state index contributed by atoms with van der Waals surface area (Å²) in [6.07, 6.45) is 0. The van der Waals surface area contributed by atoms with Crippen molar-refractivity contribution in [2.75, 3.05) is 0 Å². The lowest BCUT2D eigenvalue weighted by Crippen LogP contribution is -1.93. The Hall–Kier alpha value is -1.29. The van der Waals surface area contributed by atoms with Crippen molar-refractivity contribution < 1.29 is 0 Å². The third kappa shape index (κ3) is 2.44. The number of aryl methyl sites for hydroxylation is 2. The third-order valence-corrected chi connectivity index (χ3v) is 3.63. The van der Waals surface area contributed by atoms with Gasteiger partial charge in [-0.05, 0) is 19.4 Å². The quantitative estimate of drug-likeness (QED) is 0.764. The zero-order valence-electron chi connectivity index (χ0n) is 9.77. The Balaban J connectivity index is 2.02. The molecule has 1 heterocycles. The highest BCUT2D eigenvalue weighted by atomic mass is 32.2. The van der Waals surface area contributed by atoms with Crippen molar-refractivity contribution in [3.05, 3.63) is 41.2 Å². The molecule has 0 aliphatic rings. The van der Waals surface area contributed by atoms with Crippen LogP contribution in [0.4, 0.5) is 0 Å². The summed E-state index contributed by atoms with van der Waals surface area (Å²) < 4.78 is 2.01. The van der Waals surface area contributed by atoms with Gasteiger partial charge in [-0.2, -0.15) is 0 Å². The molecule has 0 fully saturated rings. The fourth-order valence-corrected chi connectivity index (χ4v) is 2.26. The topological polar surface area (TPSA) is 30.7 Å². The number of aromatic nitrogens is 3. The standard InChI is InChI=1S/C12H15N3S/c1-9-4-6-11(7-5-9)8-16-12-14-13-10(2)15(12)3/h4-7H,8H2,1-3H3. The zero-order valence-corrected chi connectivity index (χ0v) is 10.6. The predicted octanol–water partition coefficient (Wildman–Crippen LogP) is 2.72. The molecular formula is C12H15N3S. The summed E-state index contributed by atoms with van der Waals surface area (Å²) >= 11 is 1.72. The summed E-state index contributed by atoms with van der Waals surface area (Å²) in [4.78, 5) is 0. The average molecular weight is 233 g/mol. The molecular weight excluding hydrogens is 218 g/mol. The molecule has 0 aliphatic heterocycles. The number of hydrogen-bond acceptors (Lipinski definition) is 3. The van der Waals surface area contributed by atoms with Gasteiger partial charge in [0.25, 0.3) is 0 Å². The number of thioether (sulfide) groups is 1. The molecule has 0 unspecified atom stereocenters. The minimum absolute atomic E-state index is 0.937. The highest BCUT2D eigenvalue weighted by molar-refractivity contribution is 7.98. The first-order valence-electron chi connectivity index (χ1n) is 5.21. The third-order valence-electron chi connectivity index (χ3n) is 2.54. The Labute approximate surface area is 99.9 Å². The number of benzene rings is 1. The summed E-state index contributed by atoms with van der Waals surface area (Å²) in [5.41, 5.74) is 2.61. The molecule has 1 aromatic carbocycles. The molecule has 0 N–H and O–H groups in total. The van der Waals surface area contributed by atoms with Gasteiger partial charge >= 0.3 is 0 Å². The Bertz CT molecular complexity index is 474. The average Bonchev–Trinajstić information content (AvgIpc) is 2.60. The summed E-state index contributed by atoms with van der Waals surface area (Å²) in [5.74, 6) is 1.89. The van der Waals surface area contributed by atoms with E-state index in [0.717, 1.165) is 16.7 Å². The lowest BCUT2D eigenvalue weighted by Gasteiger charge is -2.02. The molecule has 2 aromatic rings. The van der Waals surface area contributed by atoms with Gasteiger partial charge in [-0.3, -0.25) is 0 Å². The highest BCUT2D eigenvalue weighted by Gasteiger charge is 2.05. The van der Waals surface area contributed by atoms with E-state index in [9.17, 15) is 0 Å². The molecule has 84 valence electrons. The lowest BCUT2D eigenvalue weighted by atomic mass is 10.2. The molecule has 4 heteroatoms. The fourth-order valence-electron chi connectivity index (χ4n) is 1.35. The smallest absolute Gasteiger partial charge is 0.191 e. The van der Waals surface area contributed by atoms with Crippen LogP contribution >= 0.6 is 11.8 Å². The van der Waals surface area contributed by atoms with Crippen LogP contribution in [0.1, 0.15) is 17.0 Å². The van der Waals surface area contributed by atoms with Crippen LogP contribution in [0.5, 0.6) is 0 Å². The fraction of sp³-hybridized carbons (Fsp3) is 0.333. The van der Waals surface area contributed by atoms with Gasteiger partial charge in [0.2, 0.25) is 0 Å². The summed E-state index contributed by atoms with van der Waals surface area (Å²) in [5, 5.41) is 9.13. The van der Waals surface area contributed by atoms with Gasteiger partial charge < -0.3 is 4.57 Å². The normalized spacial score (nSPS) is 10.7. The van der Waals surface area contributed by atoms with Crippen LogP contribution in [-0.4, -0.2) is 14.8 Å². The monoisotopic (exact) mass is 233 g/mol. The van der Waals surface area contributed by atoms with Crippen molar-refractivity contribution in [2.45, 2.75) is 24.8 Å². The summed E-state index contributed by atoms with van der Waals surface area (Å²) in [6.45, 7) is 4.06. The van der Waals surface area contributed by atoms with Crippen molar-refractivity contribution in [3.63, 3.8) is 0 Å². The summed E-state index contributed by atoms with van der Waals surface area (Å²) in [6, 6.07) is 8.59. The van der Waals surface area contributed by atoms with Crippen LogP contribution in [0.2, 0.25) is 0 Å². The van der Waals surface area contributed by atoms with Crippen LogP contribution < -0.4 is 0 Å². The van der Waals surface area contributed by atoms with Crippen LogP contribution in [-0.2, 0) is 12.8 Å². The van der Waals surface area contributed by atoms with Crippen LogP contribution in [0.15, 0.2) is 29.4 Å². The molecule has 0 amide bonds. The predicted molar refractivity (Wildman–Crippen MR) is 66.5 cm³/mol. The maximum atomic E-state index is 4.12. The molecule has 3 nitrogen and oxygen atoms in total. The van der Waals surface area contributed by atoms with E-state index in [1.165, 1.54) is 11.1 Å². The van der Waals surface area contributed by atoms with E-state index >= 15 is 0 Å². The molecule has 0 spiro atoms. The Morgan fingerprint density at radius 3 is 2.38 bits per heavy atom. The van der Waals surface area contributed by atoms with Gasteiger partial charge in [0.1, 0.15) is 5.82 Å². The van der Waals surface area contributed by atoms with Gasteiger partial charge in [0, 0.05) is 12.8 Å². The van der Waals surface area contributed by atoms with Crippen molar-refractivity contribution in [1.82, 2.24) is 14.8 Å². The van der Waals surface area contributed by atoms with E-state index in [-0.39, 0.29) is 0 Å². The number of hydrogen-bond donors (Lipinski definition) is 0. The lowest BCUT2D eigenvalue weighted by molar-refractivity contribution is 0.765. The minimum atomic E-state index is 0.937. The molecule has 0 atom stereocenters. The minimum Gasteiger partial charge on any atom is -0.309 e. The van der Waals surface area contributed by atoms with Crippen LogP contribution in [0, 0.1) is 13.8 Å². The van der Waals surface area contributed by atoms with E-state index < -0.39 is 0 Å². The molecule has 1 aromatic heterocycles. The molecule has 2 rings (SSSR count). The highest BCUT2D eigenvalue weighted by Crippen LogP contribution is 2.20. The molecule has 0 radical (unpaired) electrons. The zero-order chi connectivity index (χ0) is 11.5. The number of rotatable bonds is 3. The van der Waals surface area contributed by atoms with Crippen LogP contribution in [0.25, 0.3) is 0 Å². The maximum absolute atomic E-state index is 4.12. The summed E-state index contributed by atoms with van der Waals surface area (Å²) in [7, 11) is 1.99. The second-order valence-corrected chi connectivity index (χ2v) is 4.81. The first-order chi connectivity index (χ1) is 7.66. The van der Waals surface area contributed by atoms with E-state index in [2.05, 4.69) is 41.4 Å². The van der Waals surface area contributed by atoms with E-state index in [4.69, 9.17) is 0 Å². The Morgan fingerprint density at radius 1 is 1.12 bits per heavy atom. The second-order valence-electron chi connectivity index (χ2n) is 3.86. The molecule has 0 saturated carbocycles. The van der Waals surface area contributed by atoms with Crippen molar-refractivity contribution in [2.24, 2.45) is 7.05 Å². The van der Waals surface area contributed by atoms with Crippen molar-refractivity contribution >= 4 is 11.8 Å². The van der Waals surface area contributed by atoms with E-state index in [1.54, 1.807) is 11.8 Å². The van der Waals surface area contributed by atoms with Crippen molar-refractivity contribution in [3.8, 4) is 0 Å². The van der Waals surface area contributed by atoms with Crippen molar-refractivity contribution in [1.29, 1.82) is 0 Å². The van der Waals surface area contributed by atoms with Gasteiger partial charge in [0.15, 0.2) is 5.16 Å². The Morgan fingerprint density at radius 2 is 1.81 bits per heavy atom. The molecule has 0 saturated heterocycles. The van der Waals surface area contributed by atoms with Gasteiger partial charge in [-0.15, -0.1) is 10.2 Å². The largest absolute Gasteiger partial charge is 0.309 e. The first-order valence-corrected chi connectivity index (χ1v) is 6.19.